The molecule has 168 valence electrons. The summed E-state index contributed by atoms with van der Waals surface area (Å²) in [7, 11) is -3.64. The predicted molar refractivity (Wildman–Crippen MR) is 126 cm³/mol. The molecule has 0 bridgehead atoms. The highest BCUT2D eigenvalue weighted by Gasteiger charge is 2.30. The number of anilines is 1. The van der Waals surface area contributed by atoms with E-state index >= 15 is 0 Å². The van der Waals surface area contributed by atoms with Gasteiger partial charge in [0, 0.05) is 13.1 Å². The predicted octanol–water partition coefficient (Wildman–Crippen LogP) is 3.37. The van der Waals surface area contributed by atoms with E-state index in [4.69, 9.17) is 0 Å². The fourth-order valence-electron chi connectivity index (χ4n) is 4.13. The molecule has 1 unspecified atom stereocenters. The zero-order valence-electron chi connectivity index (χ0n) is 18.9. The summed E-state index contributed by atoms with van der Waals surface area (Å²) in [5, 5.41) is 2.96. The first kappa shape index (κ1) is 23.3. The molecule has 31 heavy (non-hydrogen) atoms. The molecule has 2 aromatic carbocycles. The summed E-state index contributed by atoms with van der Waals surface area (Å²) in [6, 6.07) is 12.9. The molecule has 2 aromatic rings. The lowest BCUT2D eigenvalue weighted by atomic mass is 10.1. The van der Waals surface area contributed by atoms with Gasteiger partial charge in [0.15, 0.2) is 0 Å². The van der Waals surface area contributed by atoms with Gasteiger partial charge in [-0.2, -0.15) is 0 Å². The van der Waals surface area contributed by atoms with Gasteiger partial charge < -0.3 is 5.32 Å². The van der Waals surface area contributed by atoms with Crippen LogP contribution in [0.25, 0.3) is 0 Å². The van der Waals surface area contributed by atoms with Crippen LogP contribution in [0.4, 0.5) is 5.69 Å². The van der Waals surface area contributed by atoms with Gasteiger partial charge in [0.1, 0.15) is 6.04 Å². The normalized spacial score (nSPS) is 15.6. The Morgan fingerprint density at radius 3 is 2.39 bits per heavy atom. The molecular weight excluding hydrogens is 410 g/mol. The fourth-order valence-corrected chi connectivity index (χ4v) is 5.36. The molecule has 1 saturated heterocycles. The molecule has 1 heterocycles. The summed E-state index contributed by atoms with van der Waals surface area (Å²) in [4.78, 5) is 15.4. The average Bonchev–Trinajstić information content (AvgIpc) is 3.22. The number of carbonyl (C=O) groups is 1. The van der Waals surface area contributed by atoms with Crippen molar-refractivity contribution < 1.29 is 13.2 Å². The number of carbonyl (C=O) groups excluding carboxylic acids is 1. The molecule has 0 radical (unpaired) electrons. The Labute approximate surface area is 186 Å². The Morgan fingerprint density at radius 2 is 1.74 bits per heavy atom. The smallest absolute Gasteiger partial charge is 0.243 e. The molecule has 0 aliphatic carbocycles. The van der Waals surface area contributed by atoms with Crippen LogP contribution in [-0.4, -0.2) is 44.6 Å². The summed E-state index contributed by atoms with van der Waals surface area (Å²) in [5.41, 5.74) is 4.56. The first-order valence-corrected chi connectivity index (χ1v) is 12.6. The van der Waals surface area contributed by atoms with Crippen molar-refractivity contribution in [1.82, 2.24) is 10.2 Å². The molecule has 7 heteroatoms. The Hall–Kier alpha value is -2.38. The SMILES string of the molecule is Cc1ccc(C)c(N(C(C)C(=O)NCc2ccccc2CN2CCCC2)S(C)(=O)=O)c1. The van der Waals surface area contributed by atoms with E-state index in [9.17, 15) is 13.2 Å². The van der Waals surface area contributed by atoms with Crippen molar-refractivity contribution in [3.63, 3.8) is 0 Å². The van der Waals surface area contributed by atoms with Crippen LogP contribution in [0.5, 0.6) is 0 Å². The Kier molecular flexibility index (Phi) is 7.38. The van der Waals surface area contributed by atoms with Gasteiger partial charge in [0.05, 0.1) is 11.9 Å². The summed E-state index contributed by atoms with van der Waals surface area (Å²) in [6.45, 7) is 8.86. The number of likely N-dealkylation sites (tertiary alicyclic amines) is 1. The molecule has 1 fully saturated rings. The zero-order valence-corrected chi connectivity index (χ0v) is 19.7. The number of nitrogens with zero attached hydrogens (tertiary/aromatic N) is 2. The molecule has 0 saturated carbocycles. The highest BCUT2D eigenvalue weighted by atomic mass is 32.2. The molecule has 0 aromatic heterocycles. The minimum absolute atomic E-state index is 0.317. The Bertz CT molecular complexity index is 1030. The molecule has 1 N–H and O–H groups in total. The van der Waals surface area contributed by atoms with E-state index in [0.29, 0.717) is 12.2 Å². The Balaban J connectivity index is 1.75. The van der Waals surface area contributed by atoms with E-state index in [2.05, 4.69) is 16.3 Å². The van der Waals surface area contributed by atoms with Crippen LogP contribution in [0.3, 0.4) is 0 Å². The molecule has 6 nitrogen and oxygen atoms in total. The maximum Gasteiger partial charge on any atom is 0.243 e. The van der Waals surface area contributed by atoms with Crippen molar-refractivity contribution in [2.75, 3.05) is 23.7 Å². The van der Waals surface area contributed by atoms with Crippen molar-refractivity contribution in [2.45, 2.75) is 52.7 Å². The number of hydrogen-bond donors (Lipinski definition) is 1. The number of aryl methyl sites for hydroxylation is 2. The standard InChI is InChI=1S/C24H33N3O3S/c1-18-11-12-19(2)23(15-18)27(31(4,29)30)20(3)24(28)25-16-21-9-5-6-10-22(21)17-26-13-7-8-14-26/h5-6,9-12,15,20H,7-8,13-14,16-17H2,1-4H3,(H,25,28). The second-order valence-corrected chi connectivity index (χ2v) is 10.4. The molecule has 0 spiro atoms. The van der Waals surface area contributed by atoms with Crippen molar-refractivity contribution in [1.29, 1.82) is 0 Å². The highest BCUT2D eigenvalue weighted by Crippen LogP contribution is 2.26. The van der Waals surface area contributed by atoms with Gasteiger partial charge in [-0.25, -0.2) is 8.42 Å². The molecule has 1 aliphatic heterocycles. The van der Waals surface area contributed by atoms with Crippen molar-refractivity contribution in [3.8, 4) is 0 Å². The number of benzene rings is 2. The number of hydrogen-bond acceptors (Lipinski definition) is 4. The van der Waals surface area contributed by atoms with Crippen molar-refractivity contribution in [2.24, 2.45) is 0 Å². The first-order valence-electron chi connectivity index (χ1n) is 10.8. The number of nitrogens with one attached hydrogen (secondary N) is 1. The molecule has 1 amide bonds. The monoisotopic (exact) mass is 443 g/mol. The molecule has 1 atom stereocenters. The van der Waals surface area contributed by atoms with Crippen LogP contribution >= 0.6 is 0 Å². The van der Waals surface area contributed by atoms with Crippen LogP contribution in [-0.2, 0) is 27.9 Å². The van der Waals surface area contributed by atoms with Gasteiger partial charge in [0.25, 0.3) is 0 Å². The number of rotatable bonds is 8. The van der Waals surface area contributed by atoms with Gasteiger partial charge in [-0.15, -0.1) is 0 Å². The Morgan fingerprint density at radius 1 is 1.10 bits per heavy atom. The van der Waals surface area contributed by atoms with E-state index in [-0.39, 0.29) is 5.91 Å². The van der Waals surface area contributed by atoms with Crippen LogP contribution in [0, 0.1) is 13.8 Å². The lowest BCUT2D eigenvalue weighted by Crippen LogP contribution is -2.48. The third-order valence-corrected chi connectivity index (χ3v) is 7.08. The fraction of sp³-hybridized carbons (Fsp3) is 0.458. The first-order chi connectivity index (χ1) is 14.7. The summed E-state index contributed by atoms with van der Waals surface area (Å²) < 4.78 is 26.4. The second-order valence-electron chi connectivity index (χ2n) is 8.49. The molecular formula is C24H33N3O3S. The van der Waals surface area contributed by atoms with E-state index < -0.39 is 16.1 Å². The van der Waals surface area contributed by atoms with Crippen LogP contribution in [0.15, 0.2) is 42.5 Å². The van der Waals surface area contributed by atoms with Crippen molar-refractivity contribution in [3.05, 3.63) is 64.7 Å². The van der Waals surface area contributed by atoms with Crippen LogP contribution in [0.2, 0.25) is 0 Å². The van der Waals surface area contributed by atoms with E-state index in [1.165, 1.54) is 22.7 Å². The maximum atomic E-state index is 13.0. The minimum atomic E-state index is -3.64. The summed E-state index contributed by atoms with van der Waals surface area (Å²) in [5.74, 6) is -0.317. The summed E-state index contributed by atoms with van der Waals surface area (Å²) in [6.07, 6.45) is 3.61. The number of sulfonamides is 1. The second kappa shape index (κ2) is 9.83. The quantitative estimate of drug-likeness (QED) is 0.679. The van der Waals surface area contributed by atoms with Crippen molar-refractivity contribution >= 4 is 21.6 Å². The van der Waals surface area contributed by atoms with Gasteiger partial charge in [0.2, 0.25) is 15.9 Å². The van der Waals surface area contributed by atoms with Gasteiger partial charge in [-0.3, -0.25) is 14.0 Å². The van der Waals surface area contributed by atoms with Crippen LogP contribution < -0.4 is 9.62 Å². The highest BCUT2D eigenvalue weighted by molar-refractivity contribution is 7.92. The van der Waals surface area contributed by atoms with Gasteiger partial charge >= 0.3 is 0 Å². The minimum Gasteiger partial charge on any atom is -0.350 e. The molecule has 3 rings (SSSR count). The lowest BCUT2D eigenvalue weighted by molar-refractivity contribution is -0.122. The average molecular weight is 444 g/mol. The van der Waals surface area contributed by atoms with Crippen LogP contribution in [0.1, 0.15) is 42.0 Å². The van der Waals surface area contributed by atoms with E-state index in [1.54, 1.807) is 6.92 Å². The summed E-state index contributed by atoms with van der Waals surface area (Å²) >= 11 is 0. The topological polar surface area (TPSA) is 69.7 Å². The lowest BCUT2D eigenvalue weighted by Gasteiger charge is -2.30. The zero-order chi connectivity index (χ0) is 22.6. The third-order valence-electron chi connectivity index (χ3n) is 5.85. The van der Waals surface area contributed by atoms with E-state index in [1.807, 2.05) is 50.2 Å². The van der Waals surface area contributed by atoms with Gasteiger partial charge in [-0.1, -0.05) is 36.4 Å². The number of amides is 1. The maximum absolute atomic E-state index is 13.0. The molecule has 1 aliphatic rings. The van der Waals surface area contributed by atoms with E-state index in [0.717, 1.165) is 42.6 Å². The third kappa shape index (κ3) is 5.86. The largest absolute Gasteiger partial charge is 0.350 e. The van der Waals surface area contributed by atoms with Gasteiger partial charge in [-0.05, 0) is 75.0 Å².